The first kappa shape index (κ1) is 10.2. The number of aldehydes is 1. The zero-order valence-electron chi connectivity index (χ0n) is 7.34. The number of rotatable bonds is 5. The van der Waals surface area contributed by atoms with E-state index in [1.165, 1.54) is 0 Å². The van der Waals surface area contributed by atoms with Crippen molar-refractivity contribution in [3.05, 3.63) is 24.3 Å². The van der Waals surface area contributed by atoms with Crippen molar-refractivity contribution in [2.45, 2.75) is 26.7 Å². The van der Waals surface area contributed by atoms with Crippen LogP contribution >= 0.6 is 0 Å². The van der Waals surface area contributed by atoms with E-state index in [1.54, 1.807) is 0 Å². The van der Waals surface area contributed by atoms with E-state index in [2.05, 4.69) is 13.5 Å². The van der Waals surface area contributed by atoms with Gasteiger partial charge in [0.1, 0.15) is 6.29 Å². The molecule has 0 aromatic rings. The fourth-order valence-electron chi connectivity index (χ4n) is 0.937. The number of hydrogen-bond donors (Lipinski definition) is 0. The summed E-state index contributed by atoms with van der Waals surface area (Å²) in [6, 6.07) is 0. The fraction of sp³-hybridized carbons (Fsp3) is 0.500. The summed E-state index contributed by atoms with van der Waals surface area (Å²) in [5.74, 6) is 0.438. The summed E-state index contributed by atoms with van der Waals surface area (Å²) in [6.45, 7) is 7.71. The fourth-order valence-corrected chi connectivity index (χ4v) is 0.937. The summed E-state index contributed by atoms with van der Waals surface area (Å²) in [7, 11) is 0. The quantitative estimate of drug-likeness (QED) is 0.336. The van der Waals surface area contributed by atoms with E-state index in [4.69, 9.17) is 0 Å². The largest absolute Gasteiger partial charge is 0.298 e. The molecule has 0 fully saturated rings. The standard InChI is InChI=1S/C10H16O/c1-4-6-9(3)7-10(5-2)8-11/h4,7-9H,1,5-6H2,2-3H3. The molecule has 1 nitrogen and oxygen atoms in total. The van der Waals surface area contributed by atoms with Crippen LogP contribution in [0.4, 0.5) is 0 Å². The Labute approximate surface area is 68.8 Å². The SMILES string of the molecule is C=CCC(C)C=C(C=O)CC. The van der Waals surface area contributed by atoms with Gasteiger partial charge in [0.25, 0.3) is 0 Å². The molecule has 0 N–H and O–H groups in total. The van der Waals surface area contributed by atoms with E-state index in [0.717, 1.165) is 24.7 Å². The molecule has 1 heteroatoms. The monoisotopic (exact) mass is 152 g/mol. The summed E-state index contributed by atoms with van der Waals surface area (Å²) < 4.78 is 0. The number of carbonyl (C=O) groups is 1. The van der Waals surface area contributed by atoms with Crippen LogP contribution in [-0.4, -0.2) is 6.29 Å². The van der Waals surface area contributed by atoms with Crippen LogP contribution in [-0.2, 0) is 4.79 Å². The molecule has 0 heterocycles. The van der Waals surface area contributed by atoms with Crippen LogP contribution in [0.3, 0.4) is 0 Å². The highest BCUT2D eigenvalue weighted by Crippen LogP contribution is 2.08. The minimum atomic E-state index is 0.438. The van der Waals surface area contributed by atoms with E-state index in [-0.39, 0.29) is 0 Å². The lowest BCUT2D eigenvalue weighted by Gasteiger charge is -2.02. The first-order chi connectivity index (χ1) is 5.24. The van der Waals surface area contributed by atoms with Crippen molar-refractivity contribution >= 4 is 6.29 Å². The van der Waals surface area contributed by atoms with E-state index in [1.807, 2.05) is 19.1 Å². The van der Waals surface area contributed by atoms with Crippen LogP contribution in [0.2, 0.25) is 0 Å². The molecular formula is C10H16O. The molecule has 0 saturated heterocycles. The van der Waals surface area contributed by atoms with Crippen molar-refractivity contribution < 1.29 is 4.79 Å². The average Bonchev–Trinajstić information content (AvgIpc) is 2.01. The molecule has 0 aliphatic carbocycles. The summed E-state index contributed by atoms with van der Waals surface area (Å²) in [5, 5.41) is 0. The Kier molecular flexibility index (Phi) is 5.44. The number of hydrogen-bond acceptors (Lipinski definition) is 1. The second-order valence-electron chi connectivity index (χ2n) is 2.71. The summed E-state index contributed by atoms with van der Waals surface area (Å²) in [5.41, 5.74) is 0.888. The van der Waals surface area contributed by atoms with Crippen LogP contribution in [0, 0.1) is 5.92 Å². The van der Waals surface area contributed by atoms with Gasteiger partial charge in [-0.25, -0.2) is 0 Å². The van der Waals surface area contributed by atoms with Crippen LogP contribution in [0.15, 0.2) is 24.3 Å². The molecule has 0 amide bonds. The summed E-state index contributed by atoms with van der Waals surface area (Å²) in [4.78, 5) is 10.4. The molecule has 0 radical (unpaired) electrons. The predicted octanol–water partition coefficient (Wildman–Crippen LogP) is 2.73. The van der Waals surface area contributed by atoms with Crippen molar-refractivity contribution in [1.82, 2.24) is 0 Å². The molecule has 0 aromatic carbocycles. The normalized spacial score (nSPS) is 14.2. The van der Waals surface area contributed by atoms with Crippen molar-refractivity contribution in [2.24, 2.45) is 5.92 Å². The molecule has 0 aromatic heterocycles. The highest BCUT2D eigenvalue weighted by molar-refractivity contribution is 5.72. The Morgan fingerprint density at radius 1 is 1.64 bits per heavy atom. The van der Waals surface area contributed by atoms with Crippen molar-refractivity contribution in [1.29, 1.82) is 0 Å². The van der Waals surface area contributed by atoms with E-state index >= 15 is 0 Å². The molecular weight excluding hydrogens is 136 g/mol. The molecule has 0 bridgehead atoms. The average molecular weight is 152 g/mol. The maximum atomic E-state index is 10.4. The summed E-state index contributed by atoms with van der Waals surface area (Å²) in [6.07, 6.45) is 6.58. The number of carbonyl (C=O) groups excluding carboxylic acids is 1. The third-order valence-electron chi connectivity index (χ3n) is 1.60. The molecule has 0 saturated carbocycles. The van der Waals surface area contributed by atoms with Gasteiger partial charge in [-0.05, 0) is 24.3 Å². The smallest absolute Gasteiger partial charge is 0.145 e. The van der Waals surface area contributed by atoms with Gasteiger partial charge >= 0.3 is 0 Å². The van der Waals surface area contributed by atoms with Gasteiger partial charge in [0.2, 0.25) is 0 Å². The van der Waals surface area contributed by atoms with Gasteiger partial charge in [-0.15, -0.1) is 6.58 Å². The maximum absolute atomic E-state index is 10.4. The maximum Gasteiger partial charge on any atom is 0.145 e. The summed E-state index contributed by atoms with van der Waals surface area (Å²) >= 11 is 0. The zero-order valence-corrected chi connectivity index (χ0v) is 7.34. The lowest BCUT2D eigenvalue weighted by atomic mass is 10.0. The second kappa shape index (κ2) is 5.90. The first-order valence-electron chi connectivity index (χ1n) is 4.01. The topological polar surface area (TPSA) is 17.1 Å². The van der Waals surface area contributed by atoms with Gasteiger partial charge < -0.3 is 0 Å². The molecule has 11 heavy (non-hydrogen) atoms. The van der Waals surface area contributed by atoms with Crippen molar-refractivity contribution in [3.8, 4) is 0 Å². The molecule has 0 aliphatic heterocycles. The van der Waals surface area contributed by atoms with Crippen LogP contribution in [0.5, 0.6) is 0 Å². The highest BCUT2D eigenvalue weighted by atomic mass is 16.1. The van der Waals surface area contributed by atoms with Gasteiger partial charge in [-0.3, -0.25) is 4.79 Å². The van der Waals surface area contributed by atoms with Crippen LogP contribution < -0.4 is 0 Å². The molecule has 0 rings (SSSR count). The third kappa shape index (κ3) is 4.54. The van der Waals surface area contributed by atoms with Crippen LogP contribution in [0.25, 0.3) is 0 Å². The Morgan fingerprint density at radius 3 is 2.64 bits per heavy atom. The Morgan fingerprint density at radius 2 is 2.27 bits per heavy atom. The Hall–Kier alpha value is -0.850. The van der Waals surface area contributed by atoms with E-state index < -0.39 is 0 Å². The van der Waals surface area contributed by atoms with Gasteiger partial charge in [0.15, 0.2) is 0 Å². The molecule has 0 aliphatic rings. The van der Waals surface area contributed by atoms with Gasteiger partial charge in [-0.1, -0.05) is 26.0 Å². The minimum absolute atomic E-state index is 0.438. The Bertz CT molecular complexity index is 156. The second-order valence-corrected chi connectivity index (χ2v) is 2.71. The predicted molar refractivity (Wildman–Crippen MR) is 48.4 cm³/mol. The molecule has 0 spiro atoms. The van der Waals surface area contributed by atoms with Gasteiger partial charge in [-0.2, -0.15) is 0 Å². The van der Waals surface area contributed by atoms with Gasteiger partial charge in [0.05, 0.1) is 0 Å². The zero-order chi connectivity index (χ0) is 8.69. The van der Waals surface area contributed by atoms with E-state index in [9.17, 15) is 4.79 Å². The Balaban J connectivity index is 4.01. The van der Waals surface area contributed by atoms with Gasteiger partial charge in [0, 0.05) is 0 Å². The lowest BCUT2D eigenvalue weighted by Crippen LogP contribution is -1.91. The highest BCUT2D eigenvalue weighted by Gasteiger charge is 1.96. The van der Waals surface area contributed by atoms with Crippen molar-refractivity contribution in [3.63, 3.8) is 0 Å². The lowest BCUT2D eigenvalue weighted by molar-refractivity contribution is -0.105. The van der Waals surface area contributed by atoms with Crippen molar-refractivity contribution in [2.75, 3.05) is 0 Å². The first-order valence-corrected chi connectivity index (χ1v) is 4.01. The molecule has 1 unspecified atom stereocenters. The third-order valence-corrected chi connectivity index (χ3v) is 1.60. The molecule has 1 atom stereocenters. The number of allylic oxidation sites excluding steroid dienone is 3. The van der Waals surface area contributed by atoms with Crippen LogP contribution in [0.1, 0.15) is 26.7 Å². The van der Waals surface area contributed by atoms with E-state index in [0.29, 0.717) is 5.92 Å². The minimum Gasteiger partial charge on any atom is -0.298 e. The molecule has 62 valence electrons.